The van der Waals surface area contributed by atoms with Crippen LogP contribution < -0.4 is 0 Å². The van der Waals surface area contributed by atoms with E-state index in [1.54, 1.807) is 24.5 Å². The molecule has 2 aromatic heterocycles. The van der Waals surface area contributed by atoms with Gasteiger partial charge in [0.25, 0.3) is 0 Å². The minimum atomic E-state index is -1.02. The molecule has 0 aromatic carbocycles. The Morgan fingerprint density at radius 3 is 2.67 bits per heavy atom. The predicted octanol–water partition coefficient (Wildman–Crippen LogP) is 2.14. The molecule has 0 radical (unpaired) electrons. The van der Waals surface area contributed by atoms with Crippen molar-refractivity contribution in [3.05, 3.63) is 41.1 Å². The Morgan fingerprint density at radius 2 is 2.06 bits per heavy atom. The summed E-state index contributed by atoms with van der Waals surface area (Å²) in [7, 11) is 1.41. The molecule has 2 rings (SSSR count). The van der Waals surface area contributed by atoms with Crippen LogP contribution in [0, 0.1) is 6.92 Å². The smallest absolute Gasteiger partial charge is 0.222 e. The van der Waals surface area contributed by atoms with Crippen molar-refractivity contribution in [1.29, 1.82) is 0 Å². The van der Waals surface area contributed by atoms with Crippen LogP contribution in [0.5, 0.6) is 0 Å². The molecule has 1 unspecified atom stereocenters. The molecule has 0 fully saturated rings. The molecule has 2 heterocycles. The fourth-order valence-corrected chi connectivity index (χ4v) is 1.66. The molecule has 6 heteroatoms. The number of hydrogen-bond acceptors (Lipinski definition) is 5. The fourth-order valence-electron chi connectivity index (χ4n) is 1.52. The molecular weight excluding hydrogens is 254 g/mol. The van der Waals surface area contributed by atoms with Gasteiger partial charge in [-0.2, -0.15) is 0 Å². The molecule has 0 aliphatic rings. The van der Waals surface area contributed by atoms with Crippen molar-refractivity contribution >= 4 is 11.6 Å². The van der Waals surface area contributed by atoms with E-state index in [4.69, 9.17) is 16.3 Å². The van der Waals surface area contributed by atoms with Gasteiger partial charge in [-0.15, -0.1) is 0 Å². The second kappa shape index (κ2) is 5.39. The van der Waals surface area contributed by atoms with E-state index in [2.05, 4.69) is 15.0 Å². The molecule has 5 nitrogen and oxygen atoms in total. The van der Waals surface area contributed by atoms with Gasteiger partial charge in [0.1, 0.15) is 0 Å². The summed E-state index contributed by atoms with van der Waals surface area (Å²) in [6.45, 7) is 1.89. The van der Waals surface area contributed by atoms with Crippen LogP contribution in [-0.2, 0) is 4.74 Å². The third kappa shape index (κ3) is 2.64. The first-order valence-electron chi connectivity index (χ1n) is 5.28. The van der Waals surface area contributed by atoms with E-state index >= 15 is 0 Å². The van der Waals surface area contributed by atoms with Crippen molar-refractivity contribution in [2.75, 3.05) is 7.11 Å². The van der Waals surface area contributed by atoms with E-state index in [0.717, 1.165) is 16.8 Å². The van der Waals surface area contributed by atoms with E-state index in [0.29, 0.717) is 5.69 Å². The van der Waals surface area contributed by atoms with Gasteiger partial charge in [0.2, 0.25) is 5.28 Å². The highest BCUT2D eigenvalue weighted by molar-refractivity contribution is 6.28. The molecule has 18 heavy (non-hydrogen) atoms. The Bertz CT molecular complexity index is 546. The molecule has 0 bridgehead atoms. The Balaban J connectivity index is 2.37. The van der Waals surface area contributed by atoms with Gasteiger partial charge in [0, 0.05) is 25.1 Å². The summed E-state index contributed by atoms with van der Waals surface area (Å²) in [5.41, 5.74) is 2.88. The molecule has 2 aromatic rings. The Kier molecular flexibility index (Phi) is 3.86. The summed E-state index contributed by atoms with van der Waals surface area (Å²) in [5.74, 6) is 0. The first-order chi connectivity index (χ1) is 8.61. The lowest BCUT2D eigenvalue weighted by molar-refractivity contribution is -0.0798. The number of pyridine rings is 1. The van der Waals surface area contributed by atoms with Gasteiger partial charge in [-0.1, -0.05) is 0 Å². The first kappa shape index (κ1) is 12.9. The third-order valence-electron chi connectivity index (χ3n) is 2.48. The average molecular weight is 266 g/mol. The van der Waals surface area contributed by atoms with E-state index in [1.807, 2.05) is 6.92 Å². The number of nitrogens with zero attached hydrogens (tertiary/aromatic N) is 3. The molecule has 0 saturated carbocycles. The number of ether oxygens (including phenoxy) is 1. The van der Waals surface area contributed by atoms with Crippen LogP contribution in [0.25, 0.3) is 11.3 Å². The molecule has 0 amide bonds. The monoisotopic (exact) mass is 265 g/mol. The Labute approximate surface area is 109 Å². The molecule has 0 aliphatic carbocycles. The van der Waals surface area contributed by atoms with Crippen molar-refractivity contribution in [1.82, 2.24) is 15.0 Å². The number of hydrogen-bond donors (Lipinski definition) is 1. The lowest BCUT2D eigenvalue weighted by Gasteiger charge is -2.09. The molecule has 0 aliphatic heterocycles. The standard InChI is InChI=1S/C12H12ClN3O2/c1-7-5-15-12(13)16-10(7)8-3-4-9(14-6-8)11(17)18-2/h3-6,11,17H,1-2H3. The maximum absolute atomic E-state index is 9.46. The van der Waals surface area contributed by atoms with Crippen LogP contribution >= 0.6 is 11.6 Å². The Hall–Kier alpha value is -1.56. The van der Waals surface area contributed by atoms with Gasteiger partial charge in [-0.05, 0) is 36.2 Å². The summed E-state index contributed by atoms with van der Waals surface area (Å²) in [6.07, 6.45) is 2.25. The van der Waals surface area contributed by atoms with E-state index in [1.165, 1.54) is 7.11 Å². The number of aliphatic hydroxyl groups is 1. The average Bonchev–Trinajstić information content (AvgIpc) is 2.41. The number of halogens is 1. The van der Waals surface area contributed by atoms with Gasteiger partial charge < -0.3 is 9.84 Å². The quantitative estimate of drug-likeness (QED) is 0.680. The molecule has 0 saturated heterocycles. The maximum atomic E-state index is 9.46. The van der Waals surface area contributed by atoms with Crippen molar-refractivity contribution in [2.24, 2.45) is 0 Å². The van der Waals surface area contributed by atoms with Crippen LogP contribution in [0.2, 0.25) is 5.28 Å². The summed E-state index contributed by atoms with van der Waals surface area (Å²) in [5, 5.41) is 9.65. The van der Waals surface area contributed by atoms with Crippen LogP contribution in [0.15, 0.2) is 24.5 Å². The van der Waals surface area contributed by atoms with Crippen LogP contribution in [0.1, 0.15) is 17.5 Å². The SMILES string of the molecule is COC(O)c1ccc(-c2nc(Cl)ncc2C)cn1. The van der Waals surface area contributed by atoms with Crippen LogP contribution in [0.3, 0.4) is 0 Å². The van der Waals surface area contributed by atoms with Crippen LogP contribution in [0.4, 0.5) is 0 Å². The number of aromatic nitrogens is 3. The zero-order valence-electron chi connectivity index (χ0n) is 9.96. The van der Waals surface area contributed by atoms with E-state index in [-0.39, 0.29) is 5.28 Å². The summed E-state index contributed by atoms with van der Waals surface area (Å²) in [4.78, 5) is 12.2. The zero-order valence-corrected chi connectivity index (χ0v) is 10.7. The number of methoxy groups -OCH3 is 1. The topological polar surface area (TPSA) is 68.1 Å². The summed E-state index contributed by atoms with van der Waals surface area (Å²) in [6, 6.07) is 3.48. The van der Waals surface area contributed by atoms with Crippen molar-refractivity contribution in [2.45, 2.75) is 13.2 Å². The molecule has 1 N–H and O–H groups in total. The number of aliphatic hydroxyl groups excluding tert-OH is 1. The fraction of sp³-hybridized carbons (Fsp3) is 0.250. The largest absolute Gasteiger partial charge is 0.363 e. The second-order valence-corrected chi connectivity index (χ2v) is 4.07. The van der Waals surface area contributed by atoms with Gasteiger partial charge >= 0.3 is 0 Å². The maximum Gasteiger partial charge on any atom is 0.222 e. The van der Waals surface area contributed by atoms with Gasteiger partial charge in [0.15, 0.2) is 6.29 Å². The van der Waals surface area contributed by atoms with Crippen molar-refractivity contribution in [3.8, 4) is 11.3 Å². The third-order valence-corrected chi connectivity index (χ3v) is 2.66. The lowest BCUT2D eigenvalue weighted by atomic mass is 10.1. The minimum absolute atomic E-state index is 0.191. The van der Waals surface area contributed by atoms with Crippen molar-refractivity contribution < 1.29 is 9.84 Å². The second-order valence-electron chi connectivity index (χ2n) is 3.73. The number of aryl methyl sites for hydroxylation is 1. The molecule has 1 atom stereocenters. The van der Waals surface area contributed by atoms with E-state index in [9.17, 15) is 5.11 Å². The molecular formula is C12H12ClN3O2. The van der Waals surface area contributed by atoms with Crippen molar-refractivity contribution in [3.63, 3.8) is 0 Å². The van der Waals surface area contributed by atoms with E-state index < -0.39 is 6.29 Å². The van der Waals surface area contributed by atoms with Gasteiger partial charge in [0.05, 0.1) is 11.4 Å². The highest BCUT2D eigenvalue weighted by Crippen LogP contribution is 2.22. The molecule has 94 valence electrons. The first-order valence-corrected chi connectivity index (χ1v) is 5.66. The molecule has 0 spiro atoms. The summed E-state index contributed by atoms with van der Waals surface area (Å²) < 4.78 is 4.77. The lowest BCUT2D eigenvalue weighted by Crippen LogP contribution is -2.02. The summed E-state index contributed by atoms with van der Waals surface area (Å²) >= 11 is 5.77. The number of rotatable bonds is 3. The zero-order chi connectivity index (χ0) is 13.1. The minimum Gasteiger partial charge on any atom is -0.363 e. The predicted molar refractivity (Wildman–Crippen MR) is 67.0 cm³/mol. The Morgan fingerprint density at radius 1 is 1.28 bits per heavy atom. The highest BCUT2D eigenvalue weighted by atomic mass is 35.5. The van der Waals surface area contributed by atoms with Crippen LogP contribution in [-0.4, -0.2) is 27.2 Å². The highest BCUT2D eigenvalue weighted by Gasteiger charge is 2.09. The van der Waals surface area contributed by atoms with Gasteiger partial charge in [-0.3, -0.25) is 4.98 Å². The van der Waals surface area contributed by atoms with Gasteiger partial charge in [-0.25, -0.2) is 9.97 Å². The normalized spacial score (nSPS) is 12.4.